The fraction of sp³-hybridized carbons (Fsp3) is 0.217. The van der Waals surface area contributed by atoms with Gasteiger partial charge in [-0.2, -0.15) is 5.10 Å². The highest BCUT2D eigenvalue weighted by molar-refractivity contribution is 6.34. The molecule has 0 bridgehead atoms. The minimum absolute atomic E-state index is 0.200. The van der Waals surface area contributed by atoms with E-state index in [9.17, 15) is 14.4 Å². The van der Waals surface area contributed by atoms with E-state index >= 15 is 0 Å². The lowest BCUT2D eigenvalue weighted by molar-refractivity contribution is 0.0925. The normalized spacial score (nSPS) is 12.8. The van der Waals surface area contributed by atoms with E-state index in [2.05, 4.69) is 10.4 Å². The molecule has 158 valence electrons. The zero-order valence-electron chi connectivity index (χ0n) is 17.7. The van der Waals surface area contributed by atoms with Crippen LogP contribution in [-0.4, -0.2) is 34.1 Å². The summed E-state index contributed by atoms with van der Waals surface area (Å²) in [4.78, 5) is 39.7. The predicted molar refractivity (Wildman–Crippen MR) is 116 cm³/mol. The summed E-state index contributed by atoms with van der Waals surface area (Å²) in [5.74, 6) is -0.604. The highest BCUT2D eigenvalue weighted by Gasteiger charge is 2.37. The van der Waals surface area contributed by atoms with Crippen LogP contribution in [-0.2, 0) is 7.05 Å². The first-order valence-corrected chi connectivity index (χ1v) is 9.89. The third-order valence-electron chi connectivity index (χ3n) is 5.30. The summed E-state index contributed by atoms with van der Waals surface area (Å²) in [6.07, 6.45) is 0. The van der Waals surface area contributed by atoms with E-state index in [1.165, 1.54) is 12.1 Å². The van der Waals surface area contributed by atoms with Gasteiger partial charge in [-0.25, -0.2) is 4.90 Å². The molecular formula is C23H22N4O4. The molecular weight excluding hydrogens is 396 g/mol. The largest absolute Gasteiger partial charge is 0.494 e. The molecule has 3 aromatic rings. The van der Waals surface area contributed by atoms with Crippen molar-refractivity contribution in [2.24, 2.45) is 7.05 Å². The number of ether oxygens (including phenoxy) is 1. The van der Waals surface area contributed by atoms with Crippen LogP contribution in [0.3, 0.4) is 0 Å². The first kappa shape index (κ1) is 20.3. The lowest BCUT2D eigenvalue weighted by Gasteiger charge is -2.14. The second-order valence-electron chi connectivity index (χ2n) is 7.26. The third-order valence-corrected chi connectivity index (χ3v) is 5.30. The predicted octanol–water partition coefficient (Wildman–Crippen LogP) is 3.49. The molecule has 0 spiro atoms. The van der Waals surface area contributed by atoms with Crippen molar-refractivity contribution in [3.8, 4) is 5.75 Å². The van der Waals surface area contributed by atoms with Crippen molar-refractivity contribution in [1.82, 2.24) is 9.78 Å². The van der Waals surface area contributed by atoms with E-state index < -0.39 is 11.8 Å². The van der Waals surface area contributed by atoms with Crippen LogP contribution in [0.2, 0.25) is 0 Å². The van der Waals surface area contributed by atoms with Gasteiger partial charge in [0, 0.05) is 12.6 Å². The van der Waals surface area contributed by atoms with Crippen LogP contribution in [0, 0.1) is 13.8 Å². The maximum absolute atomic E-state index is 13.0. The Morgan fingerprint density at radius 3 is 2.32 bits per heavy atom. The first-order valence-electron chi connectivity index (χ1n) is 9.89. The second-order valence-corrected chi connectivity index (χ2v) is 7.26. The average Bonchev–Trinajstić information content (AvgIpc) is 3.15. The van der Waals surface area contributed by atoms with Crippen molar-refractivity contribution in [1.29, 1.82) is 0 Å². The number of carbonyl (C=O) groups is 3. The number of aromatic nitrogens is 2. The Kier molecular flexibility index (Phi) is 5.06. The quantitative estimate of drug-likeness (QED) is 0.640. The van der Waals surface area contributed by atoms with Crippen molar-refractivity contribution in [3.05, 3.63) is 70.5 Å². The third kappa shape index (κ3) is 3.46. The zero-order valence-corrected chi connectivity index (χ0v) is 17.7. The molecule has 2 aromatic carbocycles. The van der Waals surface area contributed by atoms with Crippen molar-refractivity contribution in [2.45, 2.75) is 20.8 Å². The lowest BCUT2D eigenvalue weighted by Crippen LogP contribution is -2.29. The molecule has 0 atom stereocenters. The van der Waals surface area contributed by atoms with Gasteiger partial charge in [-0.1, -0.05) is 0 Å². The van der Waals surface area contributed by atoms with Crippen LogP contribution < -0.4 is 15.0 Å². The molecule has 2 heterocycles. The lowest BCUT2D eigenvalue weighted by atomic mass is 10.1. The van der Waals surface area contributed by atoms with Gasteiger partial charge < -0.3 is 10.1 Å². The average molecular weight is 418 g/mol. The molecule has 0 saturated carbocycles. The smallest absolute Gasteiger partial charge is 0.266 e. The number of amides is 3. The summed E-state index contributed by atoms with van der Waals surface area (Å²) in [6, 6.07) is 11.3. The highest BCUT2D eigenvalue weighted by Crippen LogP contribution is 2.30. The molecule has 0 unspecified atom stereocenters. The molecule has 8 heteroatoms. The number of hydrogen-bond donors (Lipinski definition) is 1. The van der Waals surface area contributed by atoms with Gasteiger partial charge in [-0.3, -0.25) is 19.1 Å². The van der Waals surface area contributed by atoms with E-state index in [-0.39, 0.29) is 22.6 Å². The van der Waals surface area contributed by atoms with E-state index in [0.717, 1.165) is 10.6 Å². The zero-order chi connectivity index (χ0) is 22.3. The number of anilines is 2. The number of benzene rings is 2. The molecule has 1 aromatic heterocycles. The van der Waals surface area contributed by atoms with Crippen LogP contribution in [0.5, 0.6) is 5.75 Å². The first-order chi connectivity index (χ1) is 14.8. The number of fused-ring (bicyclic) bond motifs is 1. The molecule has 0 radical (unpaired) electrons. The van der Waals surface area contributed by atoms with Crippen molar-refractivity contribution >= 4 is 29.1 Å². The fourth-order valence-electron chi connectivity index (χ4n) is 3.61. The number of aryl methyl sites for hydroxylation is 2. The molecule has 3 amide bonds. The number of rotatable bonds is 5. The van der Waals surface area contributed by atoms with Crippen molar-refractivity contribution in [3.63, 3.8) is 0 Å². The molecule has 8 nitrogen and oxygen atoms in total. The molecule has 31 heavy (non-hydrogen) atoms. The van der Waals surface area contributed by atoms with Gasteiger partial charge in [0.1, 0.15) is 5.75 Å². The van der Waals surface area contributed by atoms with Gasteiger partial charge in [0.25, 0.3) is 17.7 Å². The van der Waals surface area contributed by atoms with Gasteiger partial charge in [0.05, 0.1) is 40.5 Å². The Balaban J connectivity index is 1.61. The van der Waals surface area contributed by atoms with Gasteiger partial charge in [0.2, 0.25) is 0 Å². The Morgan fingerprint density at radius 2 is 1.71 bits per heavy atom. The van der Waals surface area contributed by atoms with Gasteiger partial charge in [-0.15, -0.1) is 0 Å². The number of carbonyl (C=O) groups excluding carboxylic acids is 3. The van der Waals surface area contributed by atoms with Gasteiger partial charge in [0.15, 0.2) is 0 Å². The minimum atomic E-state index is -0.465. The van der Waals surface area contributed by atoms with Crippen LogP contribution >= 0.6 is 0 Å². The SMILES string of the molecule is CCOc1ccc(N2C(=O)c3ccc(C(=O)Nc4c(C)nn(C)c4C)cc3C2=O)cc1. The number of hydrogen-bond acceptors (Lipinski definition) is 5. The molecule has 0 saturated heterocycles. The molecule has 0 aliphatic carbocycles. The van der Waals surface area contributed by atoms with Crippen molar-refractivity contribution < 1.29 is 19.1 Å². The molecule has 1 aliphatic heterocycles. The molecule has 1 aliphatic rings. The topological polar surface area (TPSA) is 93.5 Å². The summed E-state index contributed by atoms with van der Waals surface area (Å²) < 4.78 is 7.09. The second kappa shape index (κ2) is 7.71. The number of nitrogens with zero attached hydrogens (tertiary/aromatic N) is 3. The molecule has 4 rings (SSSR count). The van der Waals surface area contributed by atoms with E-state index in [4.69, 9.17) is 4.74 Å². The molecule has 0 fully saturated rings. The number of nitrogens with one attached hydrogen (secondary N) is 1. The minimum Gasteiger partial charge on any atom is -0.494 e. The monoisotopic (exact) mass is 418 g/mol. The van der Waals surface area contributed by atoms with E-state index in [1.54, 1.807) is 42.1 Å². The summed E-state index contributed by atoms with van der Waals surface area (Å²) in [6.45, 7) is 6.06. The number of imide groups is 1. The Hall–Kier alpha value is -3.94. The van der Waals surface area contributed by atoms with Crippen molar-refractivity contribution in [2.75, 3.05) is 16.8 Å². The van der Waals surface area contributed by atoms with Gasteiger partial charge in [-0.05, 0) is 63.2 Å². The maximum atomic E-state index is 13.0. The van der Waals surface area contributed by atoms with Crippen LogP contribution in [0.25, 0.3) is 0 Å². The highest BCUT2D eigenvalue weighted by atomic mass is 16.5. The van der Waals surface area contributed by atoms with Crippen LogP contribution in [0.4, 0.5) is 11.4 Å². The van der Waals surface area contributed by atoms with Crippen LogP contribution in [0.15, 0.2) is 42.5 Å². The summed E-state index contributed by atoms with van der Waals surface area (Å²) in [5.41, 5.74) is 3.35. The fourth-order valence-corrected chi connectivity index (χ4v) is 3.61. The standard InChI is InChI=1S/C23H22N4O4/c1-5-31-17-9-7-16(8-10-17)27-22(29)18-11-6-15(12-19(18)23(27)30)21(28)24-20-13(2)25-26(4)14(20)3/h6-12H,5H2,1-4H3,(H,24,28). The van der Waals surface area contributed by atoms with Gasteiger partial charge >= 0.3 is 0 Å². The van der Waals surface area contributed by atoms with Crippen LogP contribution in [0.1, 0.15) is 49.4 Å². The van der Waals surface area contributed by atoms with E-state index in [0.29, 0.717) is 29.4 Å². The summed E-state index contributed by atoms with van der Waals surface area (Å²) >= 11 is 0. The summed E-state index contributed by atoms with van der Waals surface area (Å²) in [7, 11) is 1.80. The van der Waals surface area contributed by atoms with E-state index in [1.807, 2.05) is 20.8 Å². The summed E-state index contributed by atoms with van der Waals surface area (Å²) in [5, 5.41) is 7.13. The Labute approximate surface area is 179 Å². The Bertz CT molecular complexity index is 1210. The molecule has 1 N–H and O–H groups in total. The Morgan fingerprint density at radius 1 is 1.03 bits per heavy atom. The maximum Gasteiger partial charge on any atom is 0.266 e.